The van der Waals surface area contributed by atoms with Gasteiger partial charge < -0.3 is 5.32 Å². The van der Waals surface area contributed by atoms with Crippen molar-refractivity contribution in [1.29, 1.82) is 0 Å². The summed E-state index contributed by atoms with van der Waals surface area (Å²) in [4.78, 5) is 16.8. The fraction of sp³-hybridized carbons (Fsp3) is 0.143. The third-order valence-corrected chi connectivity index (χ3v) is 6.21. The smallest absolute Gasteiger partial charge is 0.264 e. The molecule has 0 unspecified atom stereocenters. The molecule has 1 amide bonds. The number of pyridine rings is 1. The Balaban J connectivity index is 1.87. The minimum absolute atomic E-state index is 0.0978. The highest BCUT2D eigenvalue weighted by Crippen LogP contribution is 2.26. The van der Waals surface area contributed by atoms with E-state index in [1.54, 1.807) is 48.7 Å². The maximum absolute atomic E-state index is 13.3. The lowest BCUT2D eigenvalue weighted by atomic mass is 10.2. The van der Waals surface area contributed by atoms with E-state index in [1.807, 2.05) is 13.0 Å². The summed E-state index contributed by atoms with van der Waals surface area (Å²) in [6.07, 6.45) is 1.63. The zero-order chi connectivity index (χ0) is 20.9. The number of hydrogen-bond acceptors (Lipinski definition) is 4. The third kappa shape index (κ3) is 5.34. The van der Waals surface area contributed by atoms with Crippen molar-refractivity contribution < 1.29 is 13.2 Å². The first-order valence-corrected chi connectivity index (χ1v) is 10.7. The van der Waals surface area contributed by atoms with Crippen molar-refractivity contribution in [2.45, 2.75) is 18.4 Å². The van der Waals surface area contributed by atoms with Crippen molar-refractivity contribution in [1.82, 2.24) is 10.3 Å². The molecule has 3 rings (SSSR count). The fourth-order valence-corrected chi connectivity index (χ4v) is 4.26. The van der Waals surface area contributed by atoms with Crippen molar-refractivity contribution in [2.24, 2.45) is 0 Å². The minimum Gasteiger partial charge on any atom is -0.349 e. The molecule has 0 aliphatic heterocycles. The predicted octanol–water partition coefficient (Wildman–Crippen LogP) is 3.56. The summed E-state index contributed by atoms with van der Waals surface area (Å²) < 4.78 is 27.6. The van der Waals surface area contributed by atoms with Gasteiger partial charge in [0.2, 0.25) is 5.91 Å². The van der Waals surface area contributed by atoms with Crippen LogP contribution in [0.5, 0.6) is 0 Å². The van der Waals surface area contributed by atoms with Crippen molar-refractivity contribution in [3.8, 4) is 0 Å². The molecule has 8 heteroatoms. The van der Waals surface area contributed by atoms with Crippen LogP contribution in [0.4, 0.5) is 5.69 Å². The summed E-state index contributed by atoms with van der Waals surface area (Å²) in [7, 11) is -3.97. The van der Waals surface area contributed by atoms with Gasteiger partial charge in [0, 0.05) is 11.2 Å². The van der Waals surface area contributed by atoms with E-state index in [2.05, 4.69) is 10.3 Å². The van der Waals surface area contributed by atoms with Gasteiger partial charge in [0.25, 0.3) is 10.0 Å². The Morgan fingerprint density at radius 3 is 2.48 bits per heavy atom. The summed E-state index contributed by atoms with van der Waals surface area (Å²) in [6, 6.07) is 18.2. The van der Waals surface area contributed by atoms with Gasteiger partial charge in [-0.3, -0.25) is 14.1 Å². The largest absolute Gasteiger partial charge is 0.349 e. The summed E-state index contributed by atoms with van der Waals surface area (Å²) in [5.74, 6) is -0.452. The van der Waals surface area contributed by atoms with Crippen LogP contribution in [-0.2, 0) is 21.4 Å². The lowest BCUT2D eigenvalue weighted by Gasteiger charge is -2.24. The maximum Gasteiger partial charge on any atom is 0.264 e. The molecule has 6 nitrogen and oxygen atoms in total. The van der Waals surface area contributed by atoms with Gasteiger partial charge in [0.15, 0.2) is 0 Å². The second kappa shape index (κ2) is 9.07. The van der Waals surface area contributed by atoms with Crippen molar-refractivity contribution in [3.63, 3.8) is 0 Å². The van der Waals surface area contributed by atoms with Crippen molar-refractivity contribution in [2.75, 3.05) is 10.8 Å². The minimum atomic E-state index is -3.97. The van der Waals surface area contributed by atoms with Crippen LogP contribution in [0.3, 0.4) is 0 Å². The van der Waals surface area contributed by atoms with Crippen LogP contribution in [-0.4, -0.2) is 25.9 Å². The molecule has 29 heavy (non-hydrogen) atoms. The molecule has 0 saturated heterocycles. The van der Waals surface area contributed by atoms with Crippen LogP contribution in [0.25, 0.3) is 0 Å². The second-order valence-corrected chi connectivity index (χ2v) is 8.70. The number of rotatable bonds is 7. The van der Waals surface area contributed by atoms with Gasteiger partial charge in [-0.15, -0.1) is 0 Å². The molecule has 150 valence electrons. The van der Waals surface area contributed by atoms with E-state index in [-0.39, 0.29) is 18.0 Å². The first kappa shape index (κ1) is 20.8. The summed E-state index contributed by atoms with van der Waals surface area (Å²) in [5.41, 5.74) is 1.92. The van der Waals surface area contributed by atoms with Gasteiger partial charge in [0.1, 0.15) is 6.54 Å². The Kier molecular flexibility index (Phi) is 6.51. The highest BCUT2D eigenvalue weighted by Gasteiger charge is 2.27. The van der Waals surface area contributed by atoms with Gasteiger partial charge in [-0.2, -0.15) is 0 Å². The number of nitrogens with zero attached hydrogens (tertiary/aromatic N) is 2. The monoisotopic (exact) mass is 429 g/mol. The van der Waals surface area contributed by atoms with Gasteiger partial charge in [0.05, 0.1) is 22.8 Å². The van der Waals surface area contributed by atoms with E-state index < -0.39 is 15.9 Å². The predicted molar refractivity (Wildman–Crippen MR) is 113 cm³/mol. The number of nitrogens with one attached hydrogen (secondary N) is 1. The highest BCUT2D eigenvalue weighted by atomic mass is 35.5. The number of hydrogen-bond donors (Lipinski definition) is 1. The lowest BCUT2D eigenvalue weighted by Crippen LogP contribution is -2.40. The molecule has 0 aliphatic rings. The molecule has 3 aromatic rings. The van der Waals surface area contributed by atoms with E-state index in [0.717, 1.165) is 9.87 Å². The molecule has 2 aromatic carbocycles. The fourth-order valence-electron chi connectivity index (χ4n) is 2.66. The molecule has 1 heterocycles. The zero-order valence-electron chi connectivity index (χ0n) is 15.7. The average molecular weight is 430 g/mol. The van der Waals surface area contributed by atoms with Crippen molar-refractivity contribution in [3.05, 3.63) is 89.2 Å². The third-order valence-electron chi connectivity index (χ3n) is 4.19. The number of benzene rings is 2. The molecule has 0 atom stereocenters. The molecule has 0 bridgehead atoms. The number of halogens is 1. The molecule has 0 saturated carbocycles. The van der Waals surface area contributed by atoms with Gasteiger partial charge >= 0.3 is 0 Å². The Morgan fingerprint density at radius 1 is 1.07 bits per heavy atom. The lowest BCUT2D eigenvalue weighted by molar-refractivity contribution is -0.119. The Hall–Kier alpha value is -2.90. The zero-order valence-corrected chi connectivity index (χ0v) is 17.3. The Morgan fingerprint density at radius 2 is 1.83 bits per heavy atom. The van der Waals surface area contributed by atoms with E-state index in [0.29, 0.717) is 16.4 Å². The van der Waals surface area contributed by atoms with E-state index in [1.165, 1.54) is 18.2 Å². The maximum atomic E-state index is 13.3. The number of carbonyl (C=O) groups is 1. The molecule has 0 aliphatic carbocycles. The number of amides is 1. The molecular weight excluding hydrogens is 410 g/mol. The van der Waals surface area contributed by atoms with Gasteiger partial charge in [-0.25, -0.2) is 8.42 Å². The van der Waals surface area contributed by atoms with Crippen LogP contribution < -0.4 is 9.62 Å². The number of aromatic nitrogens is 1. The van der Waals surface area contributed by atoms with E-state index in [4.69, 9.17) is 11.6 Å². The van der Waals surface area contributed by atoms with Crippen molar-refractivity contribution >= 4 is 33.2 Å². The molecule has 0 fully saturated rings. The quantitative estimate of drug-likeness (QED) is 0.622. The van der Waals surface area contributed by atoms with Crippen LogP contribution in [0.1, 0.15) is 11.3 Å². The second-order valence-electron chi connectivity index (χ2n) is 6.40. The topological polar surface area (TPSA) is 79.4 Å². The number of aryl methyl sites for hydroxylation is 1. The van der Waals surface area contributed by atoms with E-state index >= 15 is 0 Å². The van der Waals surface area contributed by atoms with Crippen LogP contribution >= 0.6 is 11.6 Å². The number of anilines is 1. The Bertz CT molecular complexity index is 1090. The first-order valence-electron chi connectivity index (χ1n) is 8.88. The summed E-state index contributed by atoms with van der Waals surface area (Å²) in [6.45, 7) is 1.69. The first-order chi connectivity index (χ1) is 13.9. The molecule has 1 N–H and O–H groups in total. The number of carbonyl (C=O) groups excluding carboxylic acids is 1. The van der Waals surface area contributed by atoms with Gasteiger partial charge in [-0.1, -0.05) is 41.4 Å². The summed E-state index contributed by atoms with van der Waals surface area (Å²) >= 11 is 6.05. The van der Waals surface area contributed by atoms with Crippen LogP contribution in [0.15, 0.2) is 77.8 Å². The van der Waals surface area contributed by atoms with Crippen LogP contribution in [0.2, 0.25) is 5.02 Å². The molecule has 1 aromatic heterocycles. The highest BCUT2D eigenvalue weighted by molar-refractivity contribution is 7.92. The normalized spacial score (nSPS) is 11.1. The summed E-state index contributed by atoms with van der Waals surface area (Å²) in [5, 5.41) is 3.08. The van der Waals surface area contributed by atoms with Gasteiger partial charge in [-0.05, 0) is 49.4 Å². The molecule has 0 spiro atoms. The molecule has 0 radical (unpaired) electrons. The SMILES string of the molecule is Cc1ccc(S(=O)(=O)N(CC(=O)NCc2ccccn2)c2cccc(Cl)c2)cc1. The molecular formula is C21H20ClN3O3S. The number of sulfonamides is 1. The Labute approximate surface area is 175 Å². The van der Waals surface area contributed by atoms with Crippen LogP contribution in [0, 0.1) is 6.92 Å². The standard InChI is InChI=1S/C21H20ClN3O3S/c1-16-8-10-20(11-9-16)29(27,28)25(19-7-4-5-17(22)13-19)15-21(26)24-14-18-6-2-3-12-23-18/h2-13H,14-15H2,1H3,(H,24,26). The average Bonchev–Trinajstić information content (AvgIpc) is 2.71. The van der Waals surface area contributed by atoms with E-state index in [9.17, 15) is 13.2 Å².